The number of nitriles is 1. The minimum Gasteiger partial charge on any atom is -0.192 e. The molecular formula is C28H37N. The molecular weight excluding hydrogens is 350 g/mol. The summed E-state index contributed by atoms with van der Waals surface area (Å²) in [5, 5.41) is 8.84. The van der Waals surface area contributed by atoms with Crippen molar-refractivity contribution in [1.29, 1.82) is 5.26 Å². The molecule has 0 atom stereocenters. The molecule has 1 aromatic rings. The number of allylic oxidation sites excluding steroid dienone is 2. The molecule has 2 fully saturated rings. The van der Waals surface area contributed by atoms with E-state index < -0.39 is 0 Å². The van der Waals surface area contributed by atoms with Gasteiger partial charge in [0.2, 0.25) is 0 Å². The molecule has 0 N–H and O–H groups in total. The summed E-state index contributed by atoms with van der Waals surface area (Å²) in [7, 11) is 0. The van der Waals surface area contributed by atoms with Gasteiger partial charge in [-0.15, -0.1) is 0 Å². The molecule has 2 aliphatic carbocycles. The second-order valence-electron chi connectivity index (χ2n) is 9.27. The quantitative estimate of drug-likeness (QED) is 0.363. The zero-order valence-corrected chi connectivity index (χ0v) is 18.2. The van der Waals surface area contributed by atoms with Crippen LogP contribution in [0.5, 0.6) is 0 Å². The lowest BCUT2D eigenvalue weighted by atomic mass is 9.68. The molecule has 0 unspecified atom stereocenters. The Bertz CT molecular complexity index is 723. The van der Waals surface area contributed by atoms with Gasteiger partial charge in [0.1, 0.15) is 0 Å². The molecule has 0 amide bonds. The Labute approximate surface area is 178 Å². The first-order chi connectivity index (χ1) is 14.3. The summed E-state index contributed by atoms with van der Waals surface area (Å²) in [4.78, 5) is 0. The van der Waals surface area contributed by atoms with Crippen molar-refractivity contribution in [3.63, 3.8) is 0 Å². The predicted molar refractivity (Wildman–Crippen MR) is 122 cm³/mol. The van der Waals surface area contributed by atoms with E-state index in [0.717, 1.165) is 23.3 Å². The van der Waals surface area contributed by atoms with E-state index in [1.165, 1.54) is 77.0 Å². The van der Waals surface area contributed by atoms with E-state index in [-0.39, 0.29) is 0 Å². The van der Waals surface area contributed by atoms with Crippen LogP contribution in [0, 0.1) is 46.8 Å². The molecule has 29 heavy (non-hydrogen) atoms. The van der Waals surface area contributed by atoms with E-state index in [2.05, 4.69) is 30.9 Å². The average molecular weight is 388 g/mol. The van der Waals surface area contributed by atoms with Crippen LogP contribution in [0.4, 0.5) is 0 Å². The normalized spacial score (nSPS) is 27.2. The van der Waals surface area contributed by atoms with Crippen molar-refractivity contribution in [3.8, 4) is 17.9 Å². The van der Waals surface area contributed by atoms with Crippen LogP contribution in [-0.4, -0.2) is 0 Å². The summed E-state index contributed by atoms with van der Waals surface area (Å²) in [6.07, 6.45) is 21.6. The van der Waals surface area contributed by atoms with Gasteiger partial charge in [0.15, 0.2) is 0 Å². The van der Waals surface area contributed by atoms with E-state index in [1.807, 2.05) is 30.3 Å². The van der Waals surface area contributed by atoms with E-state index >= 15 is 0 Å². The Balaban J connectivity index is 1.36. The Morgan fingerprint density at radius 2 is 1.48 bits per heavy atom. The molecule has 0 aromatic heterocycles. The Kier molecular flexibility index (Phi) is 8.89. The first kappa shape index (κ1) is 21.7. The third-order valence-corrected chi connectivity index (χ3v) is 7.27. The highest BCUT2D eigenvalue weighted by Crippen LogP contribution is 2.42. The van der Waals surface area contributed by atoms with Crippen LogP contribution in [-0.2, 0) is 0 Å². The fraction of sp³-hybridized carbons (Fsp3) is 0.607. The Morgan fingerprint density at radius 1 is 0.862 bits per heavy atom. The molecule has 154 valence electrons. The minimum atomic E-state index is 0.688. The molecule has 1 heteroatoms. The summed E-state index contributed by atoms with van der Waals surface area (Å²) in [5.74, 6) is 10.1. The third-order valence-electron chi connectivity index (χ3n) is 7.27. The molecule has 1 nitrogen and oxygen atoms in total. The van der Waals surface area contributed by atoms with Crippen molar-refractivity contribution in [2.75, 3.05) is 0 Å². The topological polar surface area (TPSA) is 23.8 Å². The van der Waals surface area contributed by atoms with Crippen LogP contribution in [0.3, 0.4) is 0 Å². The molecule has 0 aliphatic heterocycles. The van der Waals surface area contributed by atoms with Gasteiger partial charge in [-0.05, 0) is 92.5 Å². The summed E-state index contributed by atoms with van der Waals surface area (Å²) in [6, 6.07) is 9.64. The van der Waals surface area contributed by atoms with E-state index in [9.17, 15) is 0 Å². The molecule has 0 spiro atoms. The second-order valence-corrected chi connectivity index (χ2v) is 9.27. The van der Waals surface area contributed by atoms with E-state index in [0.29, 0.717) is 11.5 Å². The largest absolute Gasteiger partial charge is 0.192 e. The van der Waals surface area contributed by atoms with Crippen molar-refractivity contribution in [1.82, 2.24) is 0 Å². The van der Waals surface area contributed by atoms with Gasteiger partial charge in [0, 0.05) is 5.56 Å². The maximum absolute atomic E-state index is 8.84. The van der Waals surface area contributed by atoms with Crippen LogP contribution in [0.25, 0.3) is 0 Å². The van der Waals surface area contributed by atoms with Gasteiger partial charge in [-0.3, -0.25) is 0 Å². The number of rotatable bonds is 6. The molecule has 2 saturated carbocycles. The lowest BCUT2D eigenvalue weighted by molar-refractivity contribution is 0.151. The lowest BCUT2D eigenvalue weighted by Gasteiger charge is -2.37. The van der Waals surface area contributed by atoms with Crippen LogP contribution < -0.4 is 0 Å². The summed E-state index contributed by atoms with van der Waals surface area (Å²) >= 11 is 0. The molecule has 1 aromatic carbocycles. The van der Waals surface area contributed by atoms with E-state index in [1.54, 1.807) is 0 Å². The van der Waals surface area contributed by atoms with Gasteiger partial charge in [-0.1, -0.05) is 63.4 Å². The SMILES string of the molecule is CCCCC[C@H]1CC[C@H](C2CCC(C=CC#Cc3ccc(C#N)cc3)CC2)CC1. The number of nitrogens with zero attached hydrogens (tertiary/aromatic N) is 1. The predicted octanol–water partition coefficient (Wildman–Crippen LogP) is 7.66. The van der Waals surface area contributed by atoms with Crippen molar-refractivity contribution < 1.29 is 0 Å². The summed E-state index contributed by atoms with van der Waals surface area (Å²) < 4.78 is 0. The number of hydrogen-bond acceptors (Lipinski definition) is 1. The van der Waals surface area contributed by atoms with Crippen molar-refractivity contribution in [2.24, 2.45) is 23.7 Å². The smallest absolute Gasteiger partial charge is 0.0991 e. The molecule has 0 saturated heterocycles. The first-order valence-electron chi connectivity index (χ1n) is 12.0. The van der Waals surface area contributed by atoms with Crippen molar-refractivity contribution >= 4 is 0 Å². The van der Waals surface area contributed by atoms with Crippen LogP contribution in [0.1, 0.15) is 95.1 Å². The molecule has 0 radical (unpaired) electrons. The van der Waals surface area contributed by atoms with E-state index in [4.69, 9.17) is 5.26 Å². The Morgan fingerprint density at radius 3 is 2.10 bits per heavy atom. The highest BCUT2D eigenvalue weighted by Gasteiger charge is 2.30. The lowest BCUT2D eigenvalue weighted by Crippen LogP contribution is -2.25. The highest BCUT2D eigenvalue weighted by atomic mass is 14.4. The number of benzene rings is 1. The fourth-order valence-corrected chi connectivity index (χ4v) is 5.38. The van der Waals surface area contributed by atoms with Crippen LogP contribution in [0.2, 0.25) is 0 Å². The maximum atomic E-state index is 8.84. The number of hydrogen-bond donors (Lipinski definition) is 0. The highest BCUT2D eigenvalue weighted by molar-refractivity contribution is 5.41. The maximum Gasteiger partial charge on any atom is 0.0991 e. The van der Waals surface area contributed by atoms with Crippen molar-refractivity contribution in [2.45, 2.75) is 84.0 Å². The zero-order valence-electron chi connectivity index (χ0n) is 18.2. The molecule has 2 aliphatic rings. The monoisotopic (exact) mass is 387 g/mol. The van der Waals surface area contributed by atoms with Gasteiger partial charge in [0.05, 0.1) is 11.6 Å². The summed E-state index contributed by atoms with van der Waals surface area (Å²) in [6.45, 7) is 2.31. The van der Waals surface area contributed by atoms with Crippen LogP contribution in [0.15, 0.2) is 36.4 Å². The summed E-state index contributed by atoms with van der Waals surface area (Å²) in [5.41, 5.74) is 1.66. The van der Waals surface area contributed by atoms with Gasteiger partial charge < -0.3 is 0 Å². The minimum absolute atomic E-state index is 0.688. The average Bonchev–Trinajstić information content (AvgIpc) is 2.78. The molecule has 3 rings (SSSR count). The van der Waals surface area contributed by atoms with Gasteiger partial charge in [-0.25, -0.2) is 0 Å². The zero-order chi connectivity index (χ0) is 20.3. The Hall–Kier alpha value is -1.99. The molecule has 0 bridgehead atoms. The third kappa shape index (κ3) is 7.08. The van der Waals surface area contributed by atoms with Gasteiger partial charge in [-0.2, -0.15) is 5.26 Å². The standard InChI is InChI=1S/C28H37N/c1-2-3-4-7-24-14-18-27(19-15-24)28-20-16-25(17-21-28)9-6-5-8-23-10-12-26(22-29)13-11-23/h6,9-13,24-25,27-28H,2-4,7,14-21H2,1H3/t24-,25?,27-,28?. The first-order valence-corrected chi connectivity index (χ1v) is 12.0. The van der Waals surface area contributed by atoms with Crippen molar-refractivity contribution in [3.05, 3.63) is 47.5 Å². The second kappa shape index (κ2) is 11.9. The fourth-order valence-electron chi connectivity index (χ4n) is 5.38. The number of unbranched alkanes of at least 4 members (excludes halogenated alkanes) is 2. The molecule has 0 heterocycles. The van der Waals surface area contributed by atoms with Crippen LogP contribution >= 0.6 is 0 Å². The van der Waals surface area contributed by atoms with Gasteiger partial charge in [0.25, 0.3) is 0 Å². The van der Waals surface area contributed by atoms with Gasteiger partial charge >= 0.3 is 0 Å².